The molecule has 2 aliphatic carbocycles. The highest BCUT2D eigenvalue weighted by Gasteiger charge is 2.49. The number of carbonyl (C=O) groups excluding carboxylic acids is 2. The number of nitrogens with zero attached hydrogens (tertiary/aromatic N) is 3. The van der Waals surface area contributed by atoms with Gasteiger partial charge in [0.1, 0.15) is 17.6 Å². The van der Waals surface area contributed by atoms with E-state index in [0.717, 1.165) is 49.3 Å². The van der Waals surface area contributed by atoms with Crippen LogP contribution in [0.25, 0.3) is 10.4 Å². The standard InChI is InChI=1S/C26H28F5N5O3S/c27-22(28)14-9-18(34-21(11-1-2-11)26(29,30)31)32-10-15(14)20-19(25(39)36-12-3-4-13(36)6-5-12)35-24(40-20)23(38)33-16-7-8-17(16)37/h9-13,16-17,21-22,37H,1-8H2,(H,32,34)(H,33,38)/t12-,13+,16-,17-,21-/m0/s1. The Balaban J connectivity index is 1.37. The van der Waals surface area contributed by atoms with E-state index in [1.54, 1.807) is 4.90 Å². The number of hydrogen-bond donors (Lipinski definition) is 3. The van der Waals surface area contributed by atoms with E-state index < -0.39 is 54.1 Å². The maximum Gasteiger partial charge on any atom is 0.408 e. The molecule has 0 radical (unpaired) electrons. The summed E-state index contributed by atoms with van der Waals surface area (Å²) in [6.45, 7) is 0. The number of nitrogens with one attached hydrogen (secondary N) is 2. The summed E-state index contributed by atoms with van der Waals surface area (Å²) in [5.41, 5.74) is -0.929. The molecule has 2 aromatic heterocycles. The Morgan fingerprint density at radius 3 is 2.25 bits per heavy atom. The third kappa shape index (κ3) is 5.04. The molecule has 0 spiro atoms. The molecule has 2 saturated carbocycles. The molecule has 40 heavy (non-hydrogen) atoms. The van der Waals surface area contributed by atoms with Crippen LogP contribution in [0.1, 0.15) is 83.6 Å². The van der Waals surface area contributed by atoms with E-state index in [2.05, 4.69) is 20.6 Å². The third-order valence-electron chi connectivity index (χ3n) is 8.43. The highest BCUT2D eigenvalue weighted by Crippen LogP contribution is 2.44. The molecule has 2 bridgehead atoms. The second-order valence-electron chi connectivity index (χ2n) is 11.1. The van der Waals surface area contributed by atoms with Gasteiger partial charge < -0.3 is 20.6 Å². The van der Waals surface area contributed by atoms with Crippen molar-refractivity contribution in [2.24, 2.45) is 5.92 Å². The van der Waals surface area contributed by atoms with Crippen LogP contribution in [0.3, 0.4) is 0 Å². The van der Waals surface area contributed by atoms with Crippen molar-refractivity contribution in [2.45, 2.75) is 94.2 Å². The molecule has 2 amide bonds. The van der Waals surface area contributed by atoms with Crippen molar-refractivity contribution in [2.75, 3.05) is 5.32 Å². The number of aliphatic hydroxyl groups is 1. The predicted molar refractivity (Wildman–Crippen MR) is 135 cm³/mol. The normalized spacial score (nSPS) is 26.6. The minimum absolute atomic E-state index is 0.00967. The minimum atomic E-state index is -4.57. The largest absolute Gasteiger partial charge is 0.408 e. The number of pyridine rings is 1. The van der Waals surface area contributed by atoms with E-state index >= 15 is 0 Å². The average Bonchev–Trinajstić information content (AvgIpc) is 3.34. The van der Waals surface area contributed by atoms with Crippen molar-refractivity contribution in [1.29, 1.82) is 0 Å². The molecule has 3 N–H and O–H groups in total. The van der Waals surface area contributed by atoms with Gasteiger partial charge in [0.15, 0.2) is 5.01 Å². The first-order valence-corrected chi connectivity index (χ1v) is 14.3. The maximum atomic E-state index is 14.3. The summed E-state index contributed by atoms with van der Waals surface area (Å²) in [7, 11) is 0. The molecule has 6 rings (SSSR count). The number of aromatic nitrogens is 2. The van der Waals surface area contributed by atoms with Gasteiger partial charge in [-0.3, -0.25) is 9.59 Å². The molecule has 2 aromatic rings. The fourth-order valence-electron chi connectivity index (χ4n) is 5.97. The van der Waals surface area contributed by atoms with E-state index in [1.807, 2.05) is 0 Å². The lowest BCUT2D eigenvalue weighted by Gasteiger charge is -2.32. The lowest BCUT2D eigenvalue weighted by Crippen LogP contribution is -2.50. The number of anilines is 1. The van der Waals surface area contributed by atoms with Gasteiger partial charge in [0, 0.05) is 29.4 Å². The Morgan fingerprint density at radius 2 is 1.73 bits per heavy atom. The quantitative estimate of drug-likeness (QED) is 0.380. The summed E-state index contributed by atoms with van der Waals surface area (Å²) < 4.78 is 69.3. The molecule has 14 heteroatoms. The Labute approximate surface area is 230 Å². The molecule has 2 aliphatic heterocycles. The topological polar surface area (TPSA) is 107 Å². The first kappa shape index (κ1) is 27.3. The van der Waals surface area contributed by atoms with E-state index in [1.165, 1.54) is 0 Å². The highest BCUT2D eigenvalue weighted by atomic mass is 32.1. The first-order valence-electron chi connectivity index (χ1n) is 13.5. The van der Waals surface area contributed by atoms with Crippen molar-refractivity contribution in [3.8, 4) is 10.4 Å². The smallest absolute Gasteiger partial charge is 0.391 e. The molecular formula is C26H28F5N5O3S. The van der Waals surface area contributed by atoms with Crippen LogP contribution in [0.5, 0.6) is 0 Å². The van der Waals surface area contributed by atoms with Crippen molar-refractivity contribution in [3.05, 3.63) is 28.5 Å². The van der Waals surface area contributed by atoms with Crippen LogP contribution in [-0.2, 0) is 0 Å². The fraction of sp³-hybridized carbons (Fsp3) is 0.615. The Bertz CT molecular complexity index is 1300. The number of fused-ring (bicyclic) bond motifs is 2. The number of alkyl halides is 5. The van der Waals surface area contributed by atoms with E-state index in [4.69, 9.17) is 0 Å². The summed E-state index contributed by atoms with van der Waals surface area (Å²) in [4.78, 5) is 36.7. The minimum Gasteiger partial charge on any atom is -0.391 e. The highest BCUT2D eigenvalue weighted by molar-refractivity contribution is 7.17. The number of hydrogen-bond acceptors (Lipinski definition) is 7. The van der Waals surface area contributed by atoms with Crippen LogP contribution in [0.2, 0.25) is 0 Å². The van der Waals surface area contributed by atoms with Gasteiger partial charge in [0.25, 0.3) is 18.2 Å². The van der Waals surface area contributed by atoms with Gasteiger partial charge in [-0.2, -0.15) is 13.2 Å². The molecule has 0 unspecified atom stereocenters. The van der Waals surface area contributed by atoms with Crippen molar-refractivity contribution >= 4 is 29.0 Å². The maximum absolute atomic E-state index is 14.3. The molecule has 216 valence electrons. The zero-order valence-corrected chi connectivity index (χ0v) is 22.1. The molecule has 3 atom stereocenters. The monoisotopic (exact) mass is 585 g/mol. The summed E-state index contributed by atoms with van der Waals surface area (Å²) in [5, 5.41) is 14.7. The number of amides is 2. The van der Waals surface area contributed by atoms with Gasteiger partial charge >= 0.3 is 6.18 Å². The van der Waals surface area contributed by atoms with Crippen molar-refractivity contribution in [3.63, 3.8) is 0 Å². The Hall–Kier alpha value is -2.87. The zero-order valence-electron chi connectivity index (χ0n) is 21.3. The van der Waals surface area contributed by atoms with Crippen LogP contribution in [-0.4, -0.2) is 68.2 Å². The first-order chi connectivity index (χ1) is 19.0. The van der Waals surface area contributed by atoms with E-state index in [-0.39, 0.29) is 39.0 Å². The van der Waals surface area contributed by atoms with E-state index in [9.17, 15) is 36.6 Å². The van der Waals surface area contributed by atoms with Gasteiger partial charge in [0.05, 0.1) is 17.0 Å². The van der Waals surface area contributed by atoms with Gasteiger partial charge in [-0.15, -0.1) is 11.3 Å². The molecular weight excluding hydrogens is 557 g/mol. The number of rotatable bonds is 8. The van der Waals surface area contributed by atoms with Gasteiger partial charge in [-0.1, -0.05) is 0 Å². The van der Waals surface area contributed by atoms with Crippen LogP contribution in [0.4, 0.5) is 27.8 Å². The molecule has 4 heterocycles. The van der Waals surface area contributed by atoms with Crippen LogP contribution in [0.15, 0.2) is 12.3 Å². The number of aliphatic hydroxyl groups excluding tert-OH is 1. The predicted octanol–water partition coefficient (Wildman–Crippen LogP) is 4.92. The fourth-order valence-corrected chi connectivity index (χ4v) is 6.96. The zero-order chi connectivity index (χ0) is 28.3. The van der Waals surface area contributed by atoms with Crippen LogP contribution < -0.4 is 10.6 Å². The molecule has 0 aromatic carbocycles. The molecule has 4 fully saturated rings. The number of halogens is 5. The van der Waals surface area contributed by atoms with Crippen molar-refractivity contribution in [1.82, 2.24) is 20.2 Å². The third-order valence-corrected chi connectivity index (χ3v) is 9.52. The second-order valence-corrected chi connectivity index (χ2v) is 12.1. The summed E-state index contributed by atoms with van der Waals surface area (Å²) in [5.74, 6) is -2.10. The summed E-state index contributed by atoms with van der Waals surface area (Å²) >= 11 is 0.753. The SMILES string of the molecule is O=C(N[C@H]1CC[C@@H]1O)c1nc(C(=O)N2[C@H]3CC[C@@H]2CC3)c(-c2cnc(N[C@@H](C3CC3)C(F)(F)F)cc2C(F)F)s1. The number of carbonyl (C=O) groups is 2. The lowest BCUT2D eigenvalue weighted by molar-refractivity contribution is -0.146. The molecule has 4 aliphatic rings. The summed E-state index contributed by atoms with van der Waals surface area (Å²) in [6, 6.07) is -1.48. The van der Waals surface area contributed by atoms with Crippen LogP contribution >= 0.6 is 11.3 Å². The molecule has 8 nitrogen and oxygen atoms in total. The average molecular weight is 586 g/mol. The molecule has 2 saturated heterocycles. The van der Waals surface area contributed by atoms with E-state index in [0.29, 0.717) is 25.7 Å². The summed E-state index contributed by atoms with van der Waals surface area (Å²) in [6.07, 6.45) is -2.17. The Morgan fingerprint density at radius 1 is 1.05 bits per heavy atom. The number of thiazole rings is 1. The second kappa shape index (κ2) is 10.2. The lowest BCUT2D eigenvalue weighted by atomic mass is 9.89. The van der Waals surface area contributed by atoms with Gasteiger partial charge in [-0.25, -0.2) is 18.7 Å². The van der Waals surface area contributed by atoms with Crippen molar-refractivity contribution < 1.29 is 36.6 Å². The van der Waals surface area contributed by atoms with Crippen LogP contribution in [0, 0.1) is 5.92 Å². The Kier molecular flexibility index (Phi) is 6.96. The van der Waals surface area contributed by atoms with Gasteiger partial charge in [0.2, 0.25) is 0 Å². The van der Waals surface area contributed by atoms with Gasteiger partial charge in [-0.05, 0) is 63.4 Å².